The summed E-state index contributed by atoms with van der Waals surface area (Å²) < 4.78 is 20.1. The van der Waals surface area contributed by atoms with E-state index < -0.39 is 5.91 Å². The third kappa shape index (κ3) is 4.51. The first-order valence-corrected chi connectivity index (χ1v) is 9.95. The van der Waals surface area contributed by atoms with E-state index in [1.54, 1.807) is 42.2 Å². The van der Waals surface area contributed by atoms with E-state index in [4.69, 9.17) is 16.3 Å². The maximum Gasteiger partial charge on any atom is 0.273 e. The number of halogens is 2. The van der Waals surface area contributed by atoms with Gasteiger partial charge in [0, 0.05) is 30.2 Å². The number of hydrogen-bond donors (Lipinski definition) is 1. The van der Waals surface area contributed by atoms with Crippen LogP contribution < -0.4 is 10.1 Å². The molecular formula is C21H19ClFN5O3. The first kappa shape index (κ1) is 20.8. The highest BCUT2D eigenvalue weighted by molar-refractivity contribution is 6.30. The minimum absolute atomic E-state index is 0.0757. The van der Waals surface area contributed by atoms with Crippen molar-refractivity contribution < 1.29 is 18.7 Å². The first-order valence-electron chi connectivity index (χ1n) is 9.58. The molecule has 1 aromatic heterocycles. The Morgan fingerprint density at radius 1 is 1.26 bits per heavy atom. The van der Waals surface area contributed by atoms with Crippen molar-refractivity contribution in [1.29, 1.82) is 0 Å². The van der Waals surface area contributed by atoms with Crippen LogP contribution in [0, 0.1) is 12.7 Å². The van der Waals surface area contributed by atoms with Crippen molar-refractivity contribution in [2.45, 2.75) is 13.5 Å². The number of aromatic nitrogens is 3. The molecule has 1 aliphatic heterocycles. The number of nitrogens with one attached hydrogen (secondary N) is 1. The topological polar surface area (TPSA) is 89.3 Å². The summed E-state index contributed by atoms with van der Waals surface area (Å²) in [6, 6.07) is 10.9. The molecule has 0 radical (unpaired) electrons. The standard InChI is InChI=1S/C21H19ClFN5O3/c1-13-20(25-26-28(13)17-5-3-16(23)4-6-17)21(30)24-8-9-27-11-14-10-15(22)2-7-18(14)31-12-19(27)29/h2-7,10H,8-9,11-12H2,1H3,(H,24,30). The van der Waals surface area contributed by atoms with Gasteiger partial charge in [0.2, 0.25) is 0 Å². The lowest BCUT2D eigenvalue weighted by Gasteiger charge is -2.20. The van der Waals surface area contributed by atoms with Crippen molar-refractivity contribution >= 4 is 23.4 Å². The number of fused-ring (bicyclic) bond motifs is 1. The fourth-order valence-electron chi connectivity index (χ4n) is 3.30. The van der Waals surface area contributed by atoms with Crippen molar-refractivity contribution in [3.05, 3.63) is 70.3 Å². The van der Waals surface area contributed by atoms with E-state index in [1.165, 1.54) is 16.8 Å². The molecule has 2 aromatic carbocycles. The molecule has 0 spiro atoms. The van der Waals surface area contributed by atoms with Crippen LogP contribution in [0.2, 0.25) is 5.02 Å². The zero-order valence-corrected chi connectivity index (χ0v) is 17.4. The molecule has 0 unspecified atom stereocenters. The summed E-state index contributed by atoms with van der Waals surface area (Å²) in [6.45, 7) is 2.49. The number of carbonyl (C=O) groups is 2. The Hall–Kier alpha value is -3.46. The minimum atomic E-state index is -0.409. The Morgan fingerprint density at radius 2 is 2.03 bits per heavy atom. The van der Waals surface area contributed by atoms with Gasteiger partial charge in [-0.15, -0.1) is 5.10 Å². The van der Waals surface area contributed by atoms with Gasteiger partial charge >= 0.3 is 0 Å². The molecule has 0 aliphatic carbocycles. The first-order chi connectivity index (χ1) is 14.9. The molecule has 0 atom stereocenters. The molecule has 4 rings (SSSR count). The lowest BCUT2D eigenvalue weighted by atomic mass is 10.2. The SMILES string of the molecule is Cc1c(C(=O)NCCN2Cc3cc(Cl)ccc3OCC2=O)nnn1-c1ccc(F)cc1. The highest BCUT2D eigenvalue weighted by Crippen LogP contribution is 2.26. The van der Waals surface area contributed by atoms with Crippen molar-refractivity contribution in [1.82, 2.24) is 25.2 Å². The lowest BCUT2D eigenvalue weighted by Crippen LogP contribution is -2.39. The fourth-order valence-corrected chi connectivity index (χ4v) is 3.49. The second-order valence-electron chi connectivity index (χ2n) is 7.02. The van der Waals surface area contributed by atoms with Gasteiger partial charge in [-0.2, -0.15) is 0 Å². The molecule has 2 heterocycles. The quantitative estimate of drug-likeness (QED) is 0.654. The number of ether oxygens (including phenoxy) is 1. The molecule has 0 saturated carbocycles. The van der Waals surface area contributed by atoms with Gasteiger partial charge in [-0.25, -0.2) is 9.07 Å². The maximum absolute atomic E-state index is 13.1. The Kier molecular flexibility index (Phi) is 5.85. The lowest BCUT2D eigenvalue weighted by molar-refractivity contribution is -0.133. The van der Waals surface area contributed by atoms with Crippen LogP contribution in [0.5, 0.6) is 5.75 Å². The maximum atomic E-state index is 13.1. The van der Waals surface area contributed by atoms with E-state index in [0.29, 0.717) is 35.2 Å². The highest BCUT2D eigenvalue weighted by atomic mass is 35.5. The van der Waals surface area contributed by atoms with Gasteiger partial charge in [0.15, 0.2) is 12.3 Å². The van der Waals surface area contributed by atoms with E-state index in [1.807, 2.05) is 0 Å². The van der Waals surface area contributed by atoms with Crippen LogP contribution in [-0.2, 0) is 11.3 Å². The summed E-state index contributed by atoms with van der Waals surface area (Å²) in [7, 11) is 0. The third-order valence-corrected chi connectivity index (χ3v) is 5.17. The molecular weight excluding hydrogens is 425 g/mol. The number of benzene rings is 2. The Bertz CT molecular complexity index is 1130. The zero-order valence-electron chi connectivity index (χ0n) is 16.6. The number of carbonyl (C=O) groups excluding carboxylic acids is 2. The minimum Gasteiger partial charge on any atom is -0.483 e. The van der Waals surface area contributed by atoms with Crippen LogP contribution in [-0.4, -0.2) is 51.4 Å². The normalized spacial score (nSPS) is 13.4. The molecule has 160 valence electrons. The second-order valence-corrected chi connectivity index (χ2v) is 7.46. The summed E-state index contributed by atoms with van der Waals surface area (Å²) in [5, 5.41) is 11.2. The smallest absolute Gasteiger partial charge is 0.273 e. The average molecular weight is 444 g/mol. The number of hydrogen-bond acceptors (Lipinski definition) is 5. The Balaban J connectivity index is 1.39. The monoisotopic (exact) mass is 443 g/mol. The summed E-state index contributed by atoms with van der Waals surface area (Å²) in [6.07, 6.45) is 0. The van der Waals surface area contributed by atoms with Crippen LogP contribution in [0.4, 0.5) is 4.39 Å². The number of rotatable bonds is 5. The molecule has 2 amide bonds. The van der Waals surface area contributed by atoms with Crippen LogP contribution >= 0.6 is 11.6 Å². The van der Waals surface area contributed by atoms with Crippen LogP contribution in [0.3, 0.4) is 0 Å². The van der Waals surface area contributed by atoms with Crippen molar-refractivity contribution in [2.75, 3.05) is 19.7 Å². The molecule has 3 aromatic rings. The predicted molar refractivity (Wildman–Crippen MR) is 111 cm³/mol. The molecule has 1 aliphatic rings. The molecule has 10 heteroatoms. The fraction of sp³-hybridized carbons (Fsp3) is 0.238. The second kappa shape index (κ2) is 8.73. The van der Waals surface area contributed by atoms with Gasteiger partial charge in [0.1, 0.15) is 11.6 Å². The zero-order chi connectivity index (χ0) is 22.0. The van der Waals surface area contributed by atoms with Gasteiger partial charge in [0.05, 0.1) is 11.4 Å². The van der Waals surface area contributed by atoms with Gasteiger partial charge in [-0.3, -0.25) is 9.59 Å². The van der Waals surface area contributed by atoms with Gasteiger partial charge < -0.3 is 15.0 Å². The van der Waals surface area contributed by atoms with E-state index in [2.05, 4.69) is 15.6 Å². The average Bonchev–Trinajstić information content (AvgIpc) is 3.06. The van der Waals surface area contributed by atoms with E-state index in [0.717, 1.165) is 5.56 Å². The third-order valence-electron chi connectivity index (χ3n) is 4.94. The van der Waals surface area contributed by atoms with Crippen molar-refractivity contribution in [3.63, 3.8) is 0 Å². The van der Waals surface area contributed by atoms with Crippen LogP contribution in [0.25, 0.3) is 5.69 Å². The predicted octanol–water partition coefficient (Wildman–Crippen LogP) is 2.52. The van der Waals surface area contributed by atoms with Gasteiger partial charge in [0.25, 0.3) is 11.8 Å². The van der Waals surface area contributed by atoms with Crippen molar-refractivity contribution in [3.8, 4) is 11.4 Å². The van der Waals surface area contributed by atoms with Gasteiger partial charge in [-0.1, -0.05) is 16.8 Å². The number of nitrogens with zero attached hydrogens (tertiary/aromatic N) is 4. The molecule has 0 bridgehead atoms. The molecule has 0 fully saturated rings. The summed E-state index contributed by atoms with van der Waals surface area (Å²) in [4.78, 5) is 26.5. The largest absolute Gasteiger partial charge is 0.483 e. The molecule has 0 saturated heterocycles. The van der Waals surface area contributed by atoms with E-state index >= 15 is 0 Å². The molecule has 8 nitrogen and oxygen atoms in total. The summed E-state index contributed by atoms with van der Waals surface area (Å²) in [5.74, 6) is -0.331. The Morgan fingerprint density at radius 3 is 2.81 bits per heavy atom. The van der Waals surface area contributed by atoms with E-state index in [-0.39, 0.29) is 30.6 Å². The molecule has 31 heavy (non-hydrogen) atoms. The van der Waals surface area contributed by atoms with Crippen LogP contribution in [0.1, 0.15) is 21.7 Å². The Labute approximate surface area is 182 Å². The molecule has 1 N–H and O–H groups in total. The number of amides is 2. The van der Waals surface area contributed by atoms with E-state index in [9.17, 15) is 14.0 Å². The van der Waals surface area contributed by atoms with Gasteiger partial charge in [-0.05, 0) is 49.4 Å². The summed E-state index contributed by atoms with van der Waals surface area (Å²) in [5.41, 5.74) is 2.08. The van der Waals surface area contributed by atoms with Crippen molar-refractivity contribution in [2.24, 2.45) is 0 Å². The van der Waals surface area contributed by atoms with Crippen LogP contribution in [0.15, 0.2) is 42.5 Å². The summed E-state index contributed by atoms with van der Waals surface area (Å²) >= 11 is 6.05. The highest BCUT2D eigenvalue weighted by Gasteiger charge is 2.22.